The Morgan fingerprint density at radius 2 is 0.915 bits per heavy atom. The summed E-state index contributed by atoms with van der Waals surface area (Å²) in [5.74, 6) is 0. The molecule has 0 amide bonds. The van der Waals surface area contributed by atoms with Crippen LogP contribution in [0, 0.1) is 0 Å². The van der Waals surface area contributed by atoms with Crippen LogP contribution < -0.4 is 0 Å². The summed E-state index contributed by atoms with van der Waals surface area (Å²) < 4.78 is 0. The molecule has 47 heavy (non-hydrogen) atoms. The second-order valence-electron chi connectivity index (χ2n) is 13.6. The van der Waals surface area contributed by atoms with Crippen LogP contribution >= 0.6 is 0 Å². The second-order valence-corrected chi connectivity index (χ2v) is 13.6. The molecule has 0 nitrogen and oxygen atoms in total. The molecule has 0 unspecified atom stereocenters. The van der Waals surface area contributed by atoms with Gasteiger partial charge < -0.3 is 0 Å². The van der Waals surface area contributed by atoms with Gasteiger partial charge in [0.2, 0.25) is 0 Å². The van der Waals surface area contributed by atoms with Crippen molar-refractivity contribution in [3.8, 4) is 33.4 Å². The van der Waals surface area contributed by atoms with Gasteiger partial charge in [0.1, 0.15) is 0 Å². The first-order chi connectivity index (χ1) is 23.1. The van der Waals surface area contributed by atoms with Gasteiger partial charge in [-0.2, -0.15) is 0 Å². The summed E-state index contributed by atoms with van der Waals surface area (Å²) >= 11 is 0. The van der Waals surface area contributed by atoms with Crippen molar-refractivity contribution in [1.82, 2.24) is 0 Å². The average Bonchev–Trinajstić information content (AvgIpc) is 3.12. The molecule has 1 aliphatic carbocycles. The van der Waals surface area contributed by atoms with Crippen molar-refractivity contribution in [2.45, 2.75) is 19.3 Å². The number of hydrogen-bond acceptors (Lipinski definition) is 0. The van der Waals surface area contributed by atoms with Gasteiger partial charge in [0, 0.05) is 5.41 Å². The predicted octanol–water partition coefficient (Wildman–Crippen LogP) is 13.1. The smallest absolute Gasteiger partial charge is 0.0159 e. The van der Waals surface area contributed by atoms with Crippen LogP contribution in [0.2, 0.25) is 0 Å². The van der Waals surface area contributed by atoms with Crippen LogP contribution in [0.25, 0.3) is 87.2 Å². The van der Waals surface area contributed by atoms with E-state index in [1.165, 1.54) is 98.4 Å². The number of hydrogen-bond donors (Lipinski definition) is 0. The molecule has 1 aliphatic rings. The Kier molecular flexibility index (Phi) is 5.44. The largest absolute Gasteiger partial charge is 0.0619 e. The number of benzene rings is 9. The Hall–Kier alpha value is -5.72. The van der Waals surface area contributed by atoms with Gasteiger partial charge in [0.25, 0.3) is 0 Å². The lowest BCUT2D eigenvalue weighted by atomic mass is 9.68. The highest BCUT2D eigenvalue weighted by Gasteiger charge is 2.33. The fourth-order valence-corrected chi connectivity index (χ4v) is 8.66. The lowest BCUT2D eigenvalue weighted by Crippen LogP contribution is -2.23. The van der Waals surface area contributed by atoms with E-state index in [0.29, 0.717) is 0 Å². The summed E-state index contributed by atoms with van der Waals surface area (Å²) in [7, 11) is 0. The van der Waals surface area contributed by atoms with Crippen molar-refractivity contribution < 1.29 is 0 Å². The molecule has 0 N–H and O–H groups in total. The normalized spacial score (nSPS) is 13.5. The maximum atomic E-state index is 2.44. The Labute approximate surface area is 274 Å². The van der Waals surface area contributed by atoms with E-state index in [9.17, 15) is 0 Å². The lowest BCUT2D eigenvalue weighted by Gasteiger charge is -2.35. The molecule has 9 aromatic rings. The molecular weight excluding hydrogens is 565 g/mol. The van der Waals surface area contributed by atoms with E-state index < -0.39 is 0 Å². The molecule has 0 heterocycles. The van der Waals surface area contributed by atoms with Gasteiger partial charge in [0.05, 0.1) is 0 Å². The summed E-state index contributed by atoms with van der Waals surface area (Å²) in [5, 5.41) is 13.0. The molecule has 0 saturated carbocycles. The molecule has 0 saturated heterocycles. The molecule has 9 aromatic carbocycles. The second kappa shape index (κ2) is 9.64. The molecule has 0 aromatic heterocycles. The van der Waals surface area contributed by atoms with Crippen LogP contribution in [0.15, 0.2) is 158 Å². The van der Waals surface area contributed by atoms with Crippen molar-refractivity contribution >= 4 is 53.9 Å². The van der Waals surface area contributed by atoms with E-state index >= 15 is 0 Å². The van der Waals surface area contributed by atoms with E-state index in [1.54, 1.807) is 0 Å². The zero-order chi connectivity index (χ0) is 31.3. The molecule has 0 fully saturated rings. The maximum absolute atomic E-state index is 2.44. The highest BCUT2D eigenvalue weighted by molar-refractivity contribution is 6.28. The fraction of sp³-hybridized carbons (Fsp3) is 0.0638. The zero-order valence-corrected chi connectivity index (χ0v) is 26.5. The van der Waals surface area contributed by atoms with Gasteiger partial charge in [-0.3, -0.25) is 0 Å². The van der Waals surface area contributed by atoms with Gasteiger partial charge in [-0.25, -0.2) is 0 Å². The third-order valence-corrected chi connectivity index (χ3v) is 10.8. The highest BCUT2D eigenvalue weighted by Crippen LogP contribution is 2.52. The highest BCUT2D eigenvalue weighted by atomic mass is 14.4. The maximum Gasteiger partial charge on any atom is 0.0159 e. The van der Waals surface area contributed by atoms with Crippen LogP contribution in [-0.2, 0) is 5.41 Å². The first-order valence-corrected chi connectivity index (χ1v) is 16.6. The van der Waals surface area contributed by atoms with Crippen LogP contribution in [0.5, 0.6) is 0 Å². The molecule has 10 rings (SSSR count). The van der Waals surface area contributed by atoms with Crippen molar-refractivity contribution in [2.24, 2.45) is 0 Å². The molecule has 220 valence electrons. The van der Waals surface area contributed by atoms with Crippen molar-refractivity contribution in [1.29, 1.82) is 0 Å². The van der Waals surface area contributed by atoms with Gasteiger partial charge in [0.15, 0.2) is 0 Å². The van der Waals surface area contributed by atoms with Crippen molar-refractivity contribution in [3.63, 3.8) is 0 Å². The first kappa shape index (κ1) is 26.5. The topological polar surface area (TPSA) is 0 Å². The lowest BCUT2D eigenvalue weighted by molar-refractivity contribution is 0.645. The SMILES string of the molecule is CC1(C)c2ccccc2-c2cccc3c(-c4cc5ccccc5c5c(-c6cccc7ccccc67)c6ccccc6cc45)ccc1c23. The van der Waals surface area contributed by atoms with Crippen LogP contribution in [-0.4, -0.2) is 0 Å². The van der Waals surface area contributed by atoms with Crippen molar-refractivity contribution in [3.05, 3.63) is 169 Å². The monoisotopic (exact) mass is 596 g/mol. The zero-order valence-electron chi connectivity index (χ0n) is 26.5. The van der Waals surface area contributed by atoms with Gasteiger partial charge in [-0.05, 0) is 111 Å². The minimum absolute atomic E-state index is 0.0923. The Bertz CT molecular complexity index is 2750. The van der Waals surface area contributed by atoms with Gasteiger partial charge >= 0.3 is 0 Å². The summed E-state index contributed by atoms with van der Waals surface area (Å²) in [6.45, 7) is 4.76. The quantitative estimate of drug-likeness (QED) is 0.138. The molecule has 0 bridgehead atoms. The molecule has 0 heteroatoms. The number of fused-ring (bicyclic) bond motifs is 7. The molecular formula is C47H32. The Morgan fingerprint density at radius 1 is 0.319 bits per heavy atom. The summed E-state index contributed by atoms with van der Waals surface area (Å²) in [6, 6.07) is 59.0. The number of rotatable bonds is 2. The van der Waals surface area contributed by atoms with Gasteiger partial charge in [-0.1, -0.05) is 159 Å². The Balaban J connectivity index is 1.40. The van der Waals surface area contributed by atoms with Crippen LogP contribution in [0.4, 0.5) is 0 Å². The minimum Gasteiger partial charge on any atom is -0.0619 e. The van der Waals surface area contributed by atoms with E-state index in [0.717, 1.165) is 0 Å². The van der Waals surface area contributed by atoms with E-state index in [4.69, 9.17) is 0 Å². The standard InChI is InChI=1S/C47H32/c1-47(2)42-24-10-9-20-36(42)39-23-12-22-38-35(25-26-43(47)44(38)39)40-27-30-14-4-8-19-34(30)46-41(40)28-31-15-5-7-18-33(31)45(46)37-21-11-16-29-13-3-6-17-32(29)37/h3-28H,1-2H3. The van der Waals surface area contributed by atoms with E-state index in [-0.39, 0.29) is 5.41 Å². The molecule has 0 radical (unpaired) electrons. The molecule has 0 atom stereocenters. The summed E-state index contributed by atoms with van der Waals surface area (Å²) in [6.07, 6.45) is 0. The third kappa shape index (κ3) is 3.64. The summed E-state index contributed by atoms with van der Waals surface area (Å²) in [4.78, 5) is 0. The summed E-state index contributed by atoms with van der Waals surface area (Å²) in [5.41, 5.74) is 10.6. The van der Waals surface area contributed by atoms with Crippen molar-refractivity contribution in [2.75, 3.05) is 0 Å². The third-order valence-electron chi connectivity index (χ3n) is 10.8. The fourth-order valence-electron chi connectivity index (χ4n) is 8.66. The van der Waals surface area contributed by atoms with Gasteiger partial charge in [-0.15, -0.1) is 0 Å². The minimum atomic E-state index is -0.0923. The van der Waals surface area contributed by atoms with Crippen LogP contribution in [0.3, 0.4) is 0 Å². The van der Waals surface area contributed by atoms with Crippen LogP contribution in [0.1, 0.15) is 25.0 Å². The molecule has 0 aliphatic heterocycles. The average molecular weight is 597 g/mol. The van der Waals surface area contributed by atoms with E-state index in [2.05, 4.69) is 172 Å². The first-order valence-electron chi connectivity index (χ1n) is 16.6. The molecule has 0 spiro atoms. The van der Waals surface area contributed by atoms with E-state index in [1.807, 2.05) is 0 Å². The predicted molar refractivity (Wildman–Crippen MR) is 202 cm³/mol. The Morgan fingerprint density at radius 3 is 1.77 bits per heavy atom.